The molecule has 1 aliphatic heterocycles. The van der Waals surface area contributed by atoms with Crippen LogP contribution in [0.25, 0.3) is 0 Å². The lowest BCUT2D eigenvalue weighted by molar-refractivity contribution is 0.0644. The molecule has 1 aromatic carbocycles. The van der Waals surface area contributed by atoms with Crippen LogP contribution in [-0.2, 0) is 4.74 Å². The fourth-order valence-corrected chi connectivity index (χ4v) is 2.70. The lowest BCUT2D eigenvalue weighted by Crippen LogP contribution is -2.31. The maximum absolute atomic E-state index is 10.3. The smallest absolute Gasteiger partial charge is 0.0804 e. The average molecular weight is 263 g/mol. The number of ether oxygens (including phenoxy) is 1. The normalized spacial score (nSPS) is 23.0. The van der Waals surface area contributed by atoms with Gasteiger partial charge in [0.2, 0.25) is 0 Å². The van der Waals surface area contributed by atoms with Gasteiger partial charge < -0.3 is 14.7 Å². The van der Waals surface area contributed by atoms with E-state index in [1.54, 1.807) is 0 Å². The monoisotopic (exact) mass is 263 g/mol. The Balaban J connectivity index is 1.86. The van der Waals surface area contributed by atoms with Crippen LogP contribution in [0.1, 0.15) is 37.0 Å². The van der Waals surface area contributed by atoms with E-state index in [2.05, 4.69) is 24.8 Å². The van der Waals surface area contributed by atoms with Crippen LogP contribution in [0.2, 0.25) is 0 Å². The third kappa shape index (κ3) is 4.30. The van der Waals surface area contributed by atoms with E-state index in [1.807, 2.05) is 18.2 Å². The fourth-order valence-electron chi connectivity index (χ4n) is 2.70. The summed E-state index contributed by atoms with van der Waals surface area (Å²) in [6, 6.07) is 8.08. The van der Waals surface area contributed by atoms with Gasteiger partial charge >= 0.3 is 0 Å². The second-order valence-electron chi connectivity index (χ2n) is 5.50. The van der Waals surface area contributed by atoms with E-state index in [4.69, 9.17) is 4.74 Å². The van der Waals surface area contributed by atoms with E-state index in [1.165, 1.54) is 5.56 Å². The first-order valence-corrected chi connectivity index (χ1v) is 7.24. The molecule has 0 bridgehead atoms. The Morgan fingerprint density at radius 2 is 2.21 bits per heavy atom. The molecule has 2 atom stereocenters. The van der Waals surface area contributed by atoms with Crippen LogP contribution in [0.5, 0.6) is 0 Å². The minimum atomic E-state index is -0.360. The molecule has 1 fully saturated rings. The lowest BCUT2D eigenvalue weighted by atomic mass is 10.0. The summed E-state index contributed by atoms with van der Waals surface area (Å²) in [4.78, 5) is 2.40. The van der Waals surface area contributed by atoms with Gasteiger partial charge in [0.05, 0.1) is 12.2 Å². The van der Waals surface area contributed by atoms with Crippen molar-refractivity contribution >= 4 is 0 Å². The minimum absolute atomic E-state index is 0.304. The average Bonchev–Trinajstić information content (AvgIpc) is 2.61. The quantitative estimate of drug-likeness (QED) is 0.906. The van der Waals surface area contributed by atoms with Gasteiger partial charge in [0.25, 0.3) is 0 Å². The molecule has 0 amide bonds. The minimum Gasteiger partial charge on any atom is -0.388 e. The Morgan fingerprint density at radius 1 is 1.42 bits per heavy atom. The molecule has 0 aliphatic carbocycles. The van der Waals surface area contributed by atoms with Gasteiger partial charge in [0.15, 0.2) is 0 Å². The van der Waals surface area contributed by atoms with E-state index in [9.17, 15) is 5.11 Å². The first-order valence-electron chi connectivity index (χ1n) is 7.24. The molecule has 19 heavy (non-hydrogen) atoms. The Bertz CT molecular complexity index is 394. The van der Waals surface area contributed by atoms with Gasteiger partial charge in [-0.25, -0.2) is 0 Å². The molecule has 106 valence electrons. The van der Waals surface area contributed by atoms with Gasteiger partial charge in [-0.05, 0) is 37.8 Å². The summed E-state index contributed by atoms with van der Waals surface area (Å²) in [5.74, 6) is 0. The number of nitrogens with zero attached hydrogens (tertiary/aromatic N) is 1. The standard InChI is InChI=1S/C16H25NO2/c1-13-6-3-4-7-15(13)16(18)8-10-17-9-5-11-19-14(2)12-17/h3-4,6-7,14,16,18H,5,8-12H2,1-2H3. The summed E-state index contributed by atoms with van der Waals surface area (Å²) in [6.07, 6.45) is 1.82. The summed E-state index contributed by atoms with van der Waals surface area (Å²) < 4.78 is 5.64. The van der Waals surface area contributed by atoms with Crippen LogP contribution in [0.4, 0.5) is 0 Å². The summed E-state index contributed by atoms with van der Waals surface area (Å²) in [5.41, 5.74) is 2.23. The highest BCUT2D eigenvalue weighted by Gasteiger charge is 2.17. The number of benzene rings is 1. The predicted molar refractivity (Wildman–Crippen MR) is 77.2 cm³/mol. The molecule has 1 aliphatic rings. The molecule has 0 radical (unpaired) electrons. The van der Waals surface area contributed by atoms with Gasteiger partial charge in [-0.1, -0.05) is 24.3 Å². The van der Waals surface area contributed by atoms with E-state index in [0.29, 0.717) is 6.10 Å². The Hall–Kier alpha value is -0.900. The Kier molecular flexibility index (Phi) is 5.37. The molecular formula is C16H25NO2. The maximum atomic E-state index is 10.3. The Morgan fingerprint density at radius 3 is 3.00 bits per heavy atom. The number of rotatable bonds is 4. The topological polar surface area (TPSA) is 32.7 Å². The third-order valence-corrected chi connectivity index (χ3v) is 3.80. The molecule has 3 nitrogen and oxygen atoms in total. The highest BCUT2D eigenvalue weighted by atomic mass is 16.5. The number of hydrogen-bond donors (Lipinski definition) is 1. The van der Waals surface area contributed by atoms with E-state index in [-0.39, 0.29) is 6.10 Å². The lowest BCUT2D eigenvalue weighted by Gasteiger charge is -2.23. The van der Waals surface area contributed by atoms with Gasteiger partial charge in [-0.3, -0.25) is 0 Å². The number of aliphatic hydroxyl groups excluding tert-OH is 1. The van der Waals surface area contributed by atoms with Gasteiger partial charge in [-0.2, -0.15) is 0 Å². The van der Waals surface area contributed by atoms with Crippen molar-refractivity contribution in [1.82, 2.24) is 4.90 Å². The van der Waals surface area contributed by atoms with Crippen molar-refractivity contribution in [3.63, 3.8) is 0 Å². The molecule has 1 aromatic rings. The second kappa shape index (κ2) is 7.04. The zero-order valence-electron chi connectivity index (χ0n) is 12.0. The van der Waals surface area contributed by atoms with Crippen molar-refractivity contribution in [3.8, 4) is 0 Å². The van der Waals surface area contributed by atoms with Crippen molar-refractivity contribution < 1.29 is 9.84 Å². The van der Waals surface area contributed by atoms with Crippen molar-refractivity contribution in [1.29, 1.82) is 0 Å². The first-order chi connectivity index (χ1) is 9.16. The first kappa shape index (κ1) is 14.5. The summed E-state index contributed by atoms with van der Waals surface area (Å²) in [5, 5.41) is 10.3. The highest BCUT2D eigenvalue weighted by molar-refractivity contribution is 5.27. The Labute approximate surface area is 116 Å². The van der Waals surface area contributed by atoms with Gasteiger partial charge in [-0.15, -0.1) is 0 Å². The predicted octanol–water partition coefficient (Wildman–Crippen LogP) is 2.53. The highest BCUT2D eigenvalue weighted by Crippen LogP contribution is 2.21. The molecule has 0 aromatic heterocycles. The van der Waals surface area contributed by atoms with Crippen LogP contribution >= 0.6 is 0 Å². The molecule has 1 N–H and O–H groups in total. The molecule has 0 saturated carbocycles. The largest absolute Gasteiger partial charge is 0.388 e. The molecule has 2 rings (SSSR count). The van der Waals surface area contributed by atoms with Crippen LogP contribution in [0.3, 0.4) is 0 Å². The number of aryl methyl sites for hydroxylation is 1. The van der Waals surface area contributed by atoms with Crippen LogP contribution < -0.4 is 0 Å². The molecule has 2 unspecified atom stereocenters. The van der Waals surface area contributed by atoms with Crippen LogP contribution in [0, 0.1) is 6.92 Å². The molecule has 3 heteroatoms. The van der Waals surface area contributed by atoms with Crippen LogP contribution in [0.15, 0.2) is 24.3 Å². The van der Waals surface area contributed by atoms with Gasteiger partial charge in [0.1, 0.15) is 0 Å². The molecule has 0 spiro atoms. The van der Waals surface area contributed by atoms with Crippen molar-refractivity contribution in [2.75, 3.05) is 26.2 Å². The summed E-state index contributed by atoms with van der Waals surface area (Å²) >= 11 is 0. The SMILES string of the molecule is Cc1ccccc1C(O)CCN1CCCOC(C)C1. The third-order valence-electron chi connectivity index (χ3n) is 3.80. The van der Waals surface area contributed by atoms with E-state index < -0.39 is 0 Å². The zero-order valence-corrected chi connectivity index (χ0v) is 12.0. The molecular weight excluding hydrogens is 238 g/mol. The van der Waals surface area contributed by atoms with Crippen molar-refractivity contribution in [2.24, 2.45) is 0 Å². The van der Waals surface area contributed by atoms with E-state index >= 15 is 0 Å². The molecule has 1 heterocycles. The summed E-state index contributed by atoms with van der Waals surface area (Å²) in [7, 11) is 0. The fraction of sp³-hybridized carbons (Fsp3) is 0.625. The second-order valence-corrected chi connectivity index (χ2v) is 5.50. The zero-order chi connectivity index (χ0) is 13.7. The van der Waals surface area contributed by atoms with E-state index in [0.717, 1.165) is 44.6 Å². The summed E-state index contributed by atoms with van der Waals surface area (Å²) in [6.45, 7) is 8.02. The number of aliphatic hydroxyl groups is 1. The maximum Gasteiger partial charge on any atom is 0.0804 e. The van der Waals surface area contributed by atoms with Crippen LogP contribution in [-0.4, -0.2) is 42.4 Å². The molecule has 1 saturated heterocycles. The van der Waals surface area contributed by atoms with Gasteiger partial charge in [0, 0.05) is 26.2 Å². The van der Waals surface area contributed by atoms with Crippen molar-refractivity contribution in [2.45, 2.75) is 38.9 Å². The van der Waals surface area contributed by atoms with Crippen molar-refractivity contribution in [3.05, 3.63) is 35.4 Å². The number of hydrogen-bond acceptors (Lipinski definition) is 3.